The van der Waals surface area contributed by atoms with E-state index in [1.807, 2.05) is 0 Å². The molecule has 1 heterocycles. The quantitative estimate of drug-likeness (QED) is 0.595. The molecule has 0 bridgehead atoms. The maximum atomic E-state index is 12.0. The fraction of sp³-hybridized carbons (Fsp3) is 0.929. The molecule has 1 aliphatic carbocycles. The number of aliphatic hydroxyl groups is 1. The molecule has 1 amide bonds. The van der Waals surface area contributed by atoms with Crippen molar-refractivity contribution in [2.24, 2.45) is 11.3 Å². The third kappa shape index (κ3) is 3.45. The van der Waals surface area contributed by atoms with Crippen LogP contribution in [-0.4, -0.2) is 37.3 Å². The Balaban J connectivity index is 1.56. The zero-order valence-electron chi connectivity index (χ0n) is 11.2. The van der Waals surface area contributed by atoms with Crippen LogP contribution in [0.3, 0.4) is 0 Å². The van der Waals surface area contributed by atoms with Gasteiger partial charge in [-0.3, -0.25) is 4.79 Å². The van der Waals surface area contributed by atoms with Crippen molar-refractivity contribution in [1.29, 1.82) is 0 Å². The largest absolute Gasteiger partial charge is 0.396 e. The van der Waals surface area contributed by atoms with Crippen LogP contribution in [0.5, 0.6) is 0 Å². The average molecular weight is 254 g/mol. The van der Waals surface area contributed by atoms with Crippen molar-refractivity contribution in [3.8, 4) is 0 Å². The Kier molecular flexibility index (Phi) is 5.01. The van der Waals surface area contributed by atoms with E-state index in [-0.39, 0.29) is 18.4 Å². The van der Waals surface area contributed by atoms with Gasteiger partial charge in [0, 0.05) is 19.1 Å². The fourth-order valence-corrected chi connectivity index (χ4v) is 3.12. The molecule has 2 aliphatic rings. The van der Waals surface area contributed by atoms with Crippen molar-refractivity contribution >= 4 is 5.91 Å². The molecular weight excluding hydrogens is 228 g/mol. The topological polar surface area (TPSA) is 61.4 Å². The predicted molar refractivity (Wildman–Crippen MR) is 71.2 cm³/mol. The van der Waals surface area contributed by atoms with E-state index in [0.717, 1.165) is 51.7 Å². The molecule has 104 valence electrons. The number of unbranched alkanes of at least 4 members (excludes halogenated alkanes) is 3. The van der Waals surface area contributed by atoms with E-state index in [1.54, 1.807) is 0 Å². The Labute approximate surface area is 110 Å². The van der Waals surface area contributed by atoms with Crippen molar-refractivity contribution in [1.82, 2.24) is 10.6 Å². The summed E-state index contributed by atoms with van der Waals surface area (Å²) in [5.74, 6) is 0.566. The van der Waals surface area contributed by atoms with Crippen LogP contribution in [0.25, 0.3) is 0 Å². The van der Waals surface area contributed by atoms with Crippen LogP contribution in [0.4, 0.5) is 0 Å². The lowest BCUT2D eigenvalue weighted by Crippen LogP contribution is -2.34. The summed E-state index contributed by atoms with van der Waals surface area (Å²) in [7, 11) is 0. The Morgan fingerprint density at radius 3 is 2.67 bits per heavy atom. The second-order valence-corrected chi connectivity index (χ2v) is 5.80. The van der Waals surface area contributed by atoms with E-state index in [2.05, 4.69) is 10.6 Å². The van der Waals surface area contributed by atoms with Crippen molar-refractivity contribution in [2.75, 3.05) is 26.2 Å². The Morgan fingerprint density at radius 2 is 1.94 bits per heavy atom. The minimum absolute atomic E-state index is 0.277. The van der Waals surface area contributed by atoms with Crippen LogP contribution < -0.4 is 10.6 Å². The Bertz CT molecular complexity index is 275. The lowest BCUT2D eigenvalue weighted by atomic mass is 9.92. The summed E-state index contributed by atoms with van der Waals surface area (Å²) in [4.78, 5) is 12.0. The predicted octanol–water partition coefficient (Wildman–Crippen LogP) is 1.04. The molecule has 0 aromatic rings. The lowest BCUT2D eigenvalue weighted by molar-refractivity contribution is -0.123. The molecule has 0 aromatic heterocycles. The van der Waals surface area contributed by atoms with Gasteiger partial charge in [-0.25, -0.2) is 0 Å². The molecule has 2 fully saturated rings. The number of piperidine rings is 1. The molecule has 1 saturated carbocycles. The van der Waals surface area contributed by atoms with Gasteiger partial charge in [-0.15, -0.1) is 0 Å². The molecular formula is C14H26N2O2. The smallest absolute Gasteiger partial charge is 0.223 e. The van der Waals surface area contributed by atoms with Crippen LogP contribution >= 0.6 is 0 Å². The second-order valence-electron chi connectivity index (χ2n) is 5.80. The lowest BCUT2D eigenvalue weighted by Gasteiger charge is -2.23. The summed E-state index contributed by atoms with van der Waals surface area (Å²) >= 11 is 0. The number of carbonyl (C=O) groups is 1. The zero-order chi connectivity index (χ0) is 12.8. The molecule has 4 heteroatoms. The minimum atomic E-state index is 0.277. The molecule has 18 heavy (non-hydrogen) atoms. The molecule has 2 rings (SSSR count). The van der Waals surface area contributed by atoms with E-state index in [4.69, 9.17) is 5.11 Å². The first-order chi connectivity index (χ1) is 8.78. The summed E-state index contributed by atoms with van der Waals surface area (Å²) < 4.78 is 0. The number of nitrogens with one attached hydrogen (secondary N) is 2. The molecule has 1 unspecified atom stereocenters. The number of hydrogen-bond donors (Lipinski definition) is 3. The maximum absolute atomic E-state index is 12.0. The molecule has 1 atom stereocenters. The summed E-state index contributed by atoms with van der Waals surface area (Å²) in [5, 5.41) is 15.1. The molecule has 1 aliphatic heterocycles. The van der Waals surface area contributed by atoms with Crippen molar-refractivity contribution < 1.29 is 9.90 Å². The summed E-state index contributed by atoms with van der Waals surface area (Å²) in [6, 6.07) is 0. The molecule has 0 aromatic carbocycles. The average Bonchev–Trinajstić information content (AvgIpc) is 3.08. The van der Waals surface area contributed by atoms with Crippen molar-refractivity contribution in [2.45, 2.75) is 44.9 Å². The SMILES string of the molecule is O=C(NCCCCCCO)C1CC12CCNCC2. The standard InChI is InChI=1S/C14H26N2O2/c17-10-4-2-1-3-7-16-13(18)12-11-14(12)5-8-15-9-6-14/h12,15,17H,1-11H2,(H,16,18). The first-order valence-electron chi connectivity index (χ1n) is 7.38. The summed E-state index contributed by atoms with van der Waals surface area (Å²) in [6.07, 6.45) is 7.51. The van der Waals surface area contributed by atoms with E-state index >= 15 is 0 Å². The molecule has 0 radical (unpaired) electrons. The molecule has 1 spiro atoms. The summed E-state index contributed by atoms with van der Waals surface area (Å²) in [5.41, 5.74) is 0.353. The first kappa shape index (κ1) is 13.8. The highest BCUT2D eigenvalue weighted by Crippen LogP contribution is 2.58. The Morgan fingerprint density at radius 1 is 1.22 bits per heavy atom. The first-order valence-corrected chi connectivity index (χ1v) is 7.38. The maximum Gasteiger partial charge on any atom is 0.223 e. The van der Waals surface area contributed by atoms with Gasteiger partial charge < -0.3 is 15.7 Å². The molecule has 1 saturated heterocycles. The zero-order valence-corrected chi connectivity index (χ0v) is 11.2. The van der Waals surface area contributed by atoms with Gasteiger partial charge >= 0.3 is 0 Å². The van der Waals surface area contributed by atoms with Crippen molar-refractivity contribution in [3.63, 3.8) is 0 Å². The van der Waals surface area contributed by atoms with Gasteiger partial charge in [-0.1, -0.05) is 12.8 Å². The minimum Gasteiger partial charge on any atom is -0.396 e. The van der Waals surface area contributed by atoms with Gasteiger partial charge in [0.1, 0.15) is 0 Å². The molecule has 4 nitrogen and oxygen atoms in total. The Hall–Kier alpha value is -0.610. The third-order valence-electron chi connectivity index (χ3n) is 4.49. The van der Waals surface area contributed by atoms with E-state index in [0.29, 0.717) is 5.41 Å². The van der Waals surface area contributed by atoms with Crippen molar-refractivity contribution in [3.05, 3.63) is 0 Å². The number of carbonyl (C=O) groups excluding carboxylic acids is 1. The van der Waals surface area contributed by atoms with Gasteiger partial charge in [-0.05, 0) is 50.6 Å². The highest BCUT2D eigenvalue weighted by molar-refractivity contribution is 5.82. The summed E-state index contributed by atoms with van der Waals surface area (Å²) in [6.45, 7) is 3.23. The van der Waals surface area contributed by atoms with Gasteiger partial charge in [0.05, 0.1) is 0 Å². The highest BCUT2D eigenvalue weighted by Gasteiger charge is 2.57. The van der Waals surface area contributed by atoms with Crippen LogP contribution in [0.1, 0.15) is 44.9 Å². The van der Waals surface area contributed by atoms with E-state index < -0.39 is 0 Å². The van der Waals surface area contributed by atoms with Gasteiger partial charge in [0.15, 0.2) is 0 Å². The van der Waals surface area contributed by atoms with Gasteiger partial charge in [-0.2, -0.15) is 0 Å². The van der Waals surface area contributed by atoms with E-state index in [9.17, 15) is 4.79 Å². The number of amides is 1. The van der Waals surface area contributed by atoms with Gasteiger partial charge in [0.2, 0.25) is 5.91 Å². The van der Waals surface area contributed by atoms with Crippen LogP contribution in [-0.2, 0) is 4.79 Å². The normalized spacial score (nSPS) is 25.1. The third-order valence-corrected chi connectivity index (χ3v) is 4.49. The number of hydrogen-bond acceptors (Lipinski definition) is 3. The fourth-order valence-electron chi connectivity index (χ4n) is 3.12. The van der Waals surface area contributed by atoms with E-state index in [1.165, 1.54) is 12.8 Å². The number of aliphatic hydroxyl groups excluding tert-OH is 1. The second kappa shape index (κ2) is 6.53. The van der Waals surface area contributed by atoms with Crippen LogP contribution in [0, 0.1) is 11.3 Å². The molecule has 3 N–H and O–H groups in total. The highest BCUT2D eigenvalue weighted by atomic mass is 16.2. The van der Waals surface area contributed by atoms with Crippen LogP contribution in [0.15, 0.2) is 0 Å². The monoisotopic (exact) mass is 254 g/mol. The van der Waals surface area contributed by atoms with Gasteiger partial charge in [0.25, 0.3) is 0 Å². The van der Waals surface area contributed by atoms with Crippen LogP contribution in [0.2, 0.25) is 0 Å². The number of rotatable bonds is 7.